The largest absolute Gasteiger partial charge is 0.355 e. The van der Waals surface area contributed by atoms with Gasteiger partial charge in [-0.25, -0.2) is 0 Å². The topological polar surface area (TPSA) is 36.4 Å². The maximum Gasteiger partial charge on any atom is 0.191 e. The lowest BCUT2D eigenvalue weighted by molar-refractivity contribution is 0.727. The summed E-state index contributed by atoms with van der Waals surface area (Å²) in [5, 5.41) is 7.25. The summed E-state index contributed by atoms with van der Waals surface area (Å²) >= 11 is 2.05. The normalized spacial score (nSPS) is 19.8. The molecule has 1 aliphatic rings. The highest BCUT2D eigenvalue weighted by Gasteiger charge is 2.15. The number of nitrogens with one attached hydrogen (secondary N) is 2. The molecule has 0 aromatic rings. The molecule has 1 heterocycles. The highest BCUT2D eigenvalue weighted by molar-refractivity contribution is 14.0. The molecule has 1 unspecified atom stereocenters. The van der Waals surface area contributed by atoms with E-state index in [2.05, 4.69) is 21.5 Å². The Balaban J connectivity index is 0.00000225. The van der Waals surface area contributed by atoms with Gasteiger partial charge in [-0.05, 0) is 18.6 Å². The van der Waals surface area contributed by atoms with Gasteiger partial charge >= 0.3 is 0 Å². The number of rotatable bonds is 4. The first-order valence-electron chi connectivity index (χ1n) is 5.36. The van der Waals surface area contributed by atoms with Gasteiger partial charge in [0.1, 0.15) is 0 Å². The van der Waals surface area contributed by atoms with E-state index in [-0.39, 0.29) is 24.0 Å². The number of nitrogens with zero attached hydrogens (tertiary/aromatic N) is 1. The fourth-order valence-corrected chi connectivity index (χ4v) is 2.69. The minimum atomic E-state index is 0. The number of thioether (sulfide) groups is 1. The van der Waals surface area contributed by atoms with Crippen molar-refractivity contribution in [3.63, 3.8) is 0 Å². The molecule has 5 heteroatoms. The predicted octanol–water partition coefficient (Wildman–Crippen LogP) is 1.69. The van der Waals surface area contributed by atoms with Crippen molar-refractivity contribution in [1.82, 2.24) is 10.6 Å². The maximum absolute atomic E-state index is 5.18. The molecule has 1 atom stereocenters. The molecule has 1 fully saturated rings. The smallest absolute Gasteiger partial charge is 0.191 e. The number of aliphatic imine (C=N–C) groups is 1. The zero-order valence-corrected chi connectivity index (χ0v) is 12.8. The van der Waals surface area contributed by atoms with Gasteiger partial charge in [0.05, 0.1) is 0 Å². The Kier molecular flexibility index (Phi) is 10.0. The first-order valence-corrected chi connectivity index (χ1v) is 6.41. The van der Waals surface area contributed by atoms with Crippen molar-refractivity contribution in [3.8, 4) is 12.3 Å². The molecule has 0 aliphatic carbocycles. The third-order valence-corrected chi connectivity index (χ3v) is 3.70. The van der Waals surface area contributed by atoms with Crippen LogP contribution < -0.4 is 10.6 Å². The SMILES string of the molecule is C#CCCNC(=NC)NCC1CCCS1.I. The van der Waals surface area contributed by atoms with E-state index in [4.69, 9.17) is 6.42 Å². The van der Waals surface area contributed by atoms with Crippen LogP contribution in [0.15, 0.2) is 4.99 Å². The van der Waals surface area contributed by atoms with Gasteiger partial charge in [-0.1, -0.05) is 0 Å². The van der Waals surface area contributed by atoms with Gasteiger partial charge in [0.2, 0.25) is 0 Å². The lowest BCUT2D eigenvalue weighted by Gasteiger charge is -2.13. The number of hydrogen-bond acceptors (Lipinski definition) is 2. The van der Waals surface area contributed by atoms with Crippen molar-refractivity contribution in [2.75, 3.05) is 25.9 Å². The van der Waals surface area contributed by atoms with Gasteiger partial charge < -0.3 is 10.6 Å². The second-order valence-corrected chi connectivity index (χ2v) is 4.88. The summed E-state index contributed by atoms with van der Waals surface area (Å²) in [6.07, 6.45) is 8.58. The van der Waals surface area contributed by atoms with Gasteiger partial charge in [0, 0.05) is 31.8 Å². The molecule has 0 radical (unpaired) electrons. The van der Waals surface area contributed by atoms with E-state index in [0.29, 0.717) is 0 Å². The molecule has 92 valence electrons. The van der Waals surface area contributed by atoms with Crippen LogP contribution >= 0.6 is 35.7 Å². The van der Waals surface area contributed by atoms with Crippen molar-refractivity contribution < 1.29 is 0 Å². The Labute approximate surface area is 120 Å². The fourth-order valence-electron chi connectivity index (χ4n) is 1.49. The molecule has 1 rings (SSSR count). The Morgan fingerprint density at radius 1 is 1.56 bits per heavy atom. The second kappa shape index (κ2) is 10.1. The van der Waals surface area contributed by atoms with Crippen LogP contribution in [0.1, 0.15) is 19.3 Å². The predicted molar refractivity (Wildman–Crippen MR) is 83.7 cm³/mol. The number of halogens is 1. The van der Waals surface area contributed by atoms with Crippen LogP contribution in [-0.4, -0.2) is 37.1 Å². The van der Waals surface area contributed by atoms with Crippen molar-refractivity contribution in [2.45, 2.75) is 24.5 Å². The highest BCUT2D eigenvalue weighted by atomic mass is 127. The zero-order chi connectivity index (χ0) is 10.9. The molecule has 0 saturated carbocycles. The monoisotopic (exact) mass is 353 g/mol. The minimum absolute atomic E-state index is 0. The van der Waals surface area contributed by atoms with E-state index < -0.39 is 0 Å². The molecule has 0 spiro atoms. The van der Waals surface area contributed by atoms with E-state index in [0.717, 1.165) is 30.7 Å². The van der Waals surface area contributed by atoms with E-state index in [1.54, 1.807) is 7.05 Å². The zero-order valence-electron chi connectivity index (χ0n) is 9.66. The summed E-state index contributed by atoms with van der Waals surface area (Å²) in [5.74, 6) is 4.76. The van der Waals surface area contributed by atoms with Crippen molar-refractivity contribution in [3.05, 3.63) is 0 Å². The number of guanidine groups is 1. The van der Waals surface area contributed by atoms with E-state index in [9.17, 15) is 0 Å². The summed E-state index contributed by atoms with van der Waals surface area (Å²) in [6.45, 7) is 1.79. The molecule has 1 saturated heterocycles. The Hall–Kier alpha value is -0.0900. The summed E-state index contributed by atoms with van der Waals surface area (Å²) in [6, 6.07) is 0. The summed E-state index contributed by atoms with van der Waals surface area (Å²) in [7, 11) is 1.78. The average Bonchev–Trinajstić information content (AvgIpc) is 2.76. The standard InChI is InChI=1S/C11H19N3S.HI/c1-3-4-7-13-11(12-2)14-9-10-6-5-8-15-10;/h1,10H,4-9H2,2H3,(H2,12,13,14);1H. The van der Waals surface area contributed by atoms with Crippen LogP contribution in [-0.2, 0) is 0 Å². The van der Waals surface area contributed by atoms with Crippen LogP contribution in [0.3, 0.4) is 0 Å². The quantitative estimate of drug-likeness (QED) is 0.266. The van der Waals surface area contributed by atoms with Gasteiger partial charge in [-0.15, -0.1) is 36.3 Å². The Morgan fingerprint density at radius 2 is 2.38 bits per heavy atom. The van der Waals surface area contributed by atoms with Crippen LogP contribution in [0.25, 0.3) is 0 Å². The molecular weight excluding hydrogens is 333 g/mol. The highest BCUT2D eigenvalue weighted by Crippen LogP contribution is 2.25. The Bertz CT molecular complexity index is 244. The van der Waals surface area contributed by atoms with Crippen LogP contribution in [0.4, 0.5) is 0 Å². The molecule has 2 N–H and O–H groups in total. The van der Waals surface area contributed by atoms with Crippen molar-refractivity contribution in [2.24, 2.45) is 4.99 Å². The van der Waals surface area contributed by atoms with Gasteiger partial charge in [0.15, 0.2) is 5.96 Å². The molecule has 0 aromatic heterocycles. The van der Waals surface area contributed by atoms with Crippen LogP contribution in [0, 0.1) is 12.3 Å². The first-order chi connectivity index (χ1) is 7.36. The van der Waals surface area contributed by atoms with E-state index in [1.165, 1.54) is 18.6 Å². The number of terminal acetylenes is 1. The molecule has 0 amide bonds. The van der Waals surface area contributed by atoms with Crippen LogP contribution in [0.5, 0.6) is 0 Å². The van der Waals surface area contributed by atoms with Crippen LogP contribution in [0.2, 0.25) is 0 Å². The summed E-state index contributed by atoms with van der Waals surface area (Å²) < 4.78 is 0. The molecular formula is C11H20IN3S. The maximum atomic E-state index is 5.18. The lowest BCUT2D eigenvalue weighted by atomic mass is 10.2. The van der Waals surface area contributed by atoms with Gasteiger partial charge in [0.25, 0.3) is 0 Å². The summed E-state index contributed by atoms with van der Waals surface area (Å²) in [4.78, 5) is 4.14. The van der Waals surface area contributed by atoms with E-state index >= 15 is 0 Å². The lowest BCUT2D eigenvalue weighted by Crippen LogP contribution is -2.40. The third-order valence-electron chi connectivity index (χ3n) is 2.31. The summed E-state index contributed by atoms with van der Waals surface area (Å²) in [5.41, 5.74) is 0. The van der Waals surface area contributed by atoms with Gasteiger partial charge in [-0.3, -0.25) is 4.99 Å². The fraction of sp³-hybridized carbons (Fsp3) is 0.727. The first kappa shape index (κ1) is 15.9. The second-order valence-electron chi connectivity index (χ2n) is 3.47. The average molecular weight is 353 g/mol. The molecule has 3 nitrogen and oxygen atoms in total. The van der Waals surface area contributed by atoms with Crippen molar-refractivity contribution in [1.29, 1.82) is 0 Å². The Morgan fingerprint density at radius 3 is 2.94 bits per heavy atom. The molecule has 16 heavy (non-hydrogen) atoms. The third kappa shape index (κ3) is 6.48. The van der Waals surface area contributed by atoms with E-state index in [1.807, 2.05) is 11.8 Å². The number of hydrogen-bond donors (Lipinski definition) is 2. The molecule has 1 aliphatic heterocycles. The van der Waals surface area contributed by atoms with Crippen molar-refractivity contribution >= 4 is 41.7 Å². The minimum Gasteiger partial charge on any atom is -0.355 e. The molecule has 0 bridgehead atoms. The molecule has 0 aromatic carbocycles. The van der Waals surface area contributed by atoms with Gasteiger partial charge in [-0.2, -0.15) is 11.8 Å².